The van der Waals surface area contributed by atoms with Gasteiger partial charge in [0.1, 0.15) is 5.82 Å². The number of nitrogens with one attached hydrogen (secondary N) is 1. The molecule has 0 saturated carbocycles. The Morgan fingerprint density at radius 1 is 1.31 bits per heavy atom. The van der Waals surface area contributed by atoms with Crippen LogP contribution in [0.15, 0.2) is 10.6 Å². The lowest BCUT2D eigenvalue weighted by Gasteiger charge is -2.09. The normalized spacial score (nSPS) is 14.2. The average molecular weight is 354 g/mol. The molecule has 26 heavy (non-hydrogen) atoms. The summed E-state index contributed by atoms with van der Waals surface area (Å²) in [7, 11) is 0. The number of carbonyl (C=O) groups is 1. The average Bonchev–Trinajstić information content (AvgIpc) is 3.13. The summed E-state index contributed by atoms with van der Waals surface area (Å²) in [6, 6.07) is 1.81. The molecular formula is C18H22N6O2. The SMILES string of the molecule is CCc1cc(C(=O)NCc2nnc3n2CCCCC3)c2c(C)noc2n1. The van der Waals surface area contributed by atoms with Crippen LogP contribution < -0.4 is 5.32 Å². The lowest BCUT2D eigenvalue weighted by molar-refractivity contribution is 0.0950. The van der Waals surface area contributed by atoms with Gasteiger partial charge in [0.2, 0.25) is 0 Å². The summed E-state index contributed by atoms with van der Waals surface area (Å²) in [5, 5.41) is 16.1. The molecule has 1 aliphatic heterocycles. The number of aromatic nitrogens is 5. The Morgan fingerprint density at radius 2 is 2.19 bits per heavy atom. The highest BCUT2D eigenvalue weighted by Crippen LogP contribution is 2.22. The van der Waals surface area contributed by atoms with Gasteiger partial charge in [0, 0.05) is 18.7 Å². The van der Waals surface area contributed by atoms with Crippen molar-refractivity contribution in [2.75, 3.05) is 0 Å². The fourth-order valence-corrected chi connectivity index (χ4v) is 3.44. The predicted molar refractivity (Wildman–Crippen MR) is 94.7 cm³/mol. The van der Waals surface area contributed by atoms with Crippen molar-refractivity contribution in [1.82, 2.24) is 30.2 Å². The zero-order valence-electron chi connectivity index (χ0n) is 15.1. The summed E-state index contributed by atoms with van der Waals surface area (Å²) in [6.07, 6.45) is 5.14. The highest BCUT2D eigenvalue weighted by Gasteiger charge is 2.20. The van der Waals surface area contributed by atoms with Gasteiger partial charge in [-0.2, -0.15) is 0 Å². The smallest absolute Gasteiger partial charge is 0.258 e. The summed E-state index contributed by atoms with van der Waals surface area (Å²) in [5.41, 5.74) is 2.41. The van der Waals surface area contributed by atoms with E-state index in [0.717, 1.165) is 43.1 Å². The number of fused-ring (bicyclic) bond motifs is 2. The fraction of sp³-hybridized carbons (Fsp3) is 0.500. The van der Waals surface area contributed by atoms with E-state index in [1.807, 2.05) is 19.9 Å². The Labute approximate surface area is 151 Å². The second-order valence-corrected chi connectivity index (χ2v) is 6.64. The van der Waals surface area contributed by atoms with Crippen molar-refractivity contribution < 1.29 is 9.32 Å². The molecule has 136 valence electrons. The molecule has 8 heteroatoms. The van der Waals surface area contributed by atoms with E-state index < -0.39 is 0 Å². The summed E-state index contributed by atoms with van der Waals surface area (Å²) in [5.74, 6) is 1.64. The van der Waals surface area contributed by atoms with Crippen molar-refractivity contribution in [2.45, 2.75) is 59.0 Å². The van der Waals surface area contributed by atoms with Gasteiger partial charge < -0.3 is 14.4 Å². The summed E-state index contributed by atoms with van der Waals surface area (Å²) >= 11 is 0. The van der Waals surface area contributed by atoms with Crippen LogP contribution in [-0.4, -0.2) is 30.8 Å². The maximum Gasteiger partial charge on any atom is 0.258 e. The molecule has 0 saturated heterocycles. The molecule has 0 fully saturated rings. The molecule has 3 aromatic heterocycles. The molecule has 0 spiro atoms. The Bertz CT molecular complexity index is 958. The number of nitrogens with zero attached hydrogens (tertiary/aromatic N) is 5. The maximum atomic E-state index is 12.8. The van der Waals surface area contributed by atoms with Gasteiger partial charge in [0.25, 0.3) is 11.6 Å². The molecule has 8 nitrogen and oxygen atoms in total. The van der Waals surface area contributed by atoms with Crippen LogP contribution in [0.1, 0.15) is 59.6 Å². The fourth-order valence-electron chi connectivity index (χ4n) is 3.44. The Hall–Kier alpha value is -2.77. The number of amides is 1. The third-order valence-electron chi connectivity index (χ3n) is 4.87. The number of aryl methyl sites for hydroxylation is 3. The molecule has 1 N–H and O–H groups in total. The van der Waals surface area contributed by atoms with Gasteiger partial charge in [-0.05, 0) is 32.3 Å². The van der Waals surface area contributed by atoms with E-state index in [0.29, 0.717) is 35.3 Å². The minimum Gasteiger partial charge on any atom is -0.345 e. The van der Waals surface area contributed by atoms with Gasteiger partial charge in [-0.3, -0.25) is 4.79 Å². The lowest BCUT2D eigenvalue weighted by atomic mass is 10.1. The summed E-state index contributed by atoms with van der Waals surface area (Å²) < 4.78 is 7.39. The van der Waals surface area contributed by atoms with Gasteiger partial charge in [0.05, 0.1) is 23.2 Å². The molecule has 0 atom stereocenters. The maximum absolute atomic E-state index is 12.8. The van der Waals surface area contributed by atoms with Gasteiger partial charge >= 0.3 is 0 Å². The Balaban J connectivity index is 1.59. The third-order valence-corrected chi connectivity index (χ3v) is 4.87. The van der Waals surface area contributed by atoms with Crippen LogP contribution in [0.2, 0.25) is 0 Å². The molecule has 0 unspecified atom stereocenters. The minimum atomic E-state index is -0.177. The second kappa shape index (κ2) is 6.86. The molecule has 4 rings (SSSR count). The molecule has 0 radical (unpaired) electrons. The number of hydrogen-bond acceptors (Lipinski definition) is 6. The molecule has 0 aliphatic carbocycles. The summed E-state index contributed by atoms with van der Waals surface area (Å²) in [4.78, 5) is 17.2. The first-order valence-corrected chi connectivity index (χ1v) is 9.12. The standard InChI is InChI=1S/C18H22N6O2/c1-3-12-9-13(16-11(2)23-26-18(16)20-12)17(25)19-10-15-22-21-14-7-5-4-6-8-24(14)15/h9H,3-8,10H2,1-2H3,(H,19,25). The molecule has 0 aromatic carbocycles. The first kappa shape index (κ1) is 16.7. The van der Waals surface area contributed by atoms with Crippen LogP contribution in [-0.2, 0) is 25.9 Å². The topological polar surface area (TPSA) is 98.7 Å². The van der Waals surface area contributed by atoms with Crippen LogP contribution in [0.25, 0.3) is 11.1 Å². The molecule has 1 aliphatic rings. The van der Waals surface area contributed by atoms with Crippen LogP contribution >= 0.6 is 0 Å². The molecule has 1 amide bonds. The largest absolute Gasteiger partial charge is 0.345 e. The molecule has 3 aromatic rings. The summed E-state index contributed by atoms with van der Waals surface area (Å²) in [6.45, 7) is 5.07. The molecule has 0 bridgehead atoms. The van der Waals surface area contributed by atoms with Crippen LogP contribution in [0.3, 0.4) is 0 Å². The van der Waals surface area contributed by atoms with Gasteiger partial charge in [0.15, 0.2) is 5.82 Å². The quantitative estimate of drug-likeness (QED) is 0.772. The Morgan fingerprint density at radius 3 is 3.04 bits per heavy atom. The van der Waals surface area contributed by atoms with E-state index in [1.165, 1.54) is 6.42 Å². The van der Waals surface area contributed by atoms with Crippen molar-refractivity contribution >= 4 is 17.0 Å². The molecule has 4 heterocycles. The van der Waals surface area contributed by atoms with E-state index in [9.17, 15) is 4.79 Å². The first-order chi connectivity index (χ1) is 12.7. The van der Waals surface area contributed by atoms with Gasteiger partial charge in [-0.25, -0.2) is 4.98 Å². The van der Waals surface area contributed by atoms with Crippen LogP contribution in [0, 0.1) is 6.92 Å². The zero-order chi connectivity index (χ0) is 18.1. The van der Waals surface area contributed by atoms with Gasteiger partial charge in [-0.15, -0.1) is 10.2 Å². The van der Waals surface area contributed by atoms with Crippen molar-refractivity contribution in [3.8, 4) is 0 Å². The van der Waals surface area contributed by atoms with E-state index in [2.05, 4.69) is 30.2 Å². The van der Waals surface area contributed by atoms with Gasteiger partial charge in [-0.1, -0.05) is 18.5 Å². The third kappa shape index (κ3) is 2.95. The van der Waals surface area contributed by atoms with E-state index in [1.54, 1.807) is 0 Å². The lowest BCUT2D eigenvalue weighted by Crippen LogP contribution is -2.25. The Kier molecular flexibility index (Phi) is 4.40. The van der Waals surface area contributed by atoms with Crippen LogP contribution in [0.4, 0.5) is 0 Å². The number of carbonyl (C=O) groups excluding carboxylic acids is 1. The monoisotopic (exact) mass is 354 g/mol. The van der Waals surface area contributed by atoms with Crippen molar-refractivity contribution in [1.29, 1.82) is 0 Å². The van der Waals surface area contributed by atoms with Crippen molar-refractivity contribution in [3.05, 3.63) is 34.7 Å². The first-order valence-electron chi connectivity index (χ1n) is 9.12. The van der Waals surface area contributed by atoms with E-state index >= 15 is 0 Å². The van der Waals surface area contributed by atoms with E-state index in [-0.39, 0.29) is 5.91 Å². The van der Waals surface area contributed by atoms with Crippen LogP contribution in [0.5, 0.6) is 0 Å². The minimum absolute atomic E-state index is 0.177. The zero-order valence-corrected chi connectivity index (χ0v) is 15.1. The number of hydrogen-bond donors (Lipinski definition) is 1. The number of pyridine rings is 1. The highest BCUT2D eigenvalue weighted by molar-refractivity contribution is 6.05. The van der Waals surface area contributed by atoms with Crippen molar-refractivity contribution in [3.63, 3.8) is 0 Å². The highest BCUT2D eigenvalue weighted by atomic mass is 16.5. The predicted octanol–water partition coefficient (Wildman–Crippen LogP) is 2.34. The molecular weight excluding hydrogens is 332 g/mol. The second-order valence-electron chi connectivity index (χ2n) is 6.64. The number of rotatable bonds is 4. The van der Waals surface area contributed by atoms with Crippen molar-refractivity contribution in [2.24, 2.45) is 0 Å². The van der Waals surface area contributed by atoms with E-state index in [4.69, 9.17) is 4.52 Å².